The molecule has 3 heteroatoms. The van der Waals surface area contributed by atoms with Crippen molar-refractivity contribution in [1.29, 1.82) is 0 Å². The van der Waals surface area contributed by atoms with E-state index in [-0.39, 0.29) is 5.78 Å². The van der Waals surface area contributed by atoms with E-state index in [0.29, 0.717) is 16.9 Å². The van der Waals surface area contributed by atoms with Crippen LogP contribution in [0.4, 0.5) is 5.69 Å². The van der Waals surface area contributed by atoms with Gasteiger partial charge in [-0.1, -0.05) is 25.1 Å². The van der Waals surface area contributed by atoms with E-state index in [2.05, 4.69) is 4.98 Å². The van der Waals surface area contributed by atoms with E-state index in [1.165, 1.54) is 0 Å². The van der Waals surface area contributed by atoms with E-state index < -0.39 is 0 Å². The molecule has 0 saturated heterocycles. The van der Waals surface area contributed by atoms with E-state index in [1.807, 2.05) is 19.1 Å². The molecule has 0 atom stereocenters. The minimum atomic E-state index is -0.126. The second kappa shape index (κ2) is 4.78. The zero-order valence-electron chi connectivity index (χ0n) is 9.68. The molecule has 0 amide bonds. The first kappa shape index (κ1) is 11.3. The maximum absolute atomic E-state index is 12.2. The van der Waals surface area contributed by atoms with Gasteiger partial charge in [-0.3, -0.25) is 9.78 Å². The summed E-state index contributed by atoms with van der Waals surface area (Å²) in [6, 6.07) is 10.8. The first-order valence-electron chi connectivity index (χ1n) is 5.57. The molecule has 86 valence electrons. The van der Waals surface area contributed by atoms with Crippen molar-refractivity contribution in [3.63, 3.8) is 0 Å². The molecule has 0 spiro atoms. The second-order valence-electron chi connectivity index (χ2n) is 3.78. The fourth-order valence-electron chi connectivity index (χ4n) is 1.75. The van der Waals surface area contributed by atoms with Crippen LogP contribution in [0, 0.1) is 0 Å². The molecule has 17 heavy (non-hydrogen) atoms. The molecule has 3 nitrogen and oxygen atoms in total. The minimum Gasteiger partial charge on any atom is -0.398 e. The maximum Gasteiger partial charge on any atom is 0.213 e. The summed E-state index contributed by atoms with van der Waals surface area (Å²) in [5, 5.41) is 0. The van der Waals surface area contributed by atoms with Gasteiger partial charge in [-0.15, -0.1) is 0 Å². The molecule has 0 saturated carbocycles. The minimum absolute atomic E-state index is 0.126. The Balaban J connectivity index is 2.45. The number of hydrogen-bond donors (Lipinski definition) is 1. The summed E-state index contributed by atoms with van der Waals surface area (Å²) in [7, 11) is 0. The Kier molecular flexibility index (Phi) is 3.19. The first-order chi connectivity index (χ1) is 8.24. The molecule has 2 aromatic rings. The molecule has 0 aliphatic heterocycles. The molecule has 0 aliphatic rings. The molecule has 0 fully saturated rings. The number of pyridine rings is 1. The summed E-state index contributed by atoms with van der Waals surface area (Å²) in [6.45, 7) is 2.01. The van der Waals surface area contributed by atoms with Gasteiger partial charge in [0.15, 0.2) is 0 Å². The van der Waals surface area contributed by atoms with Gasteiger partial charge in [-0.2, -0.15) is 0 Å². The van der Waals surface area contributed by atoms with Crippen molar-refractivity contribution in [2.75, 3.05) is 5.73 Å². The predicted molar refractivity (Wildman–Crippen MR) is 67.9 cm³/mol. The second-order valence-corrected chi connectivity index (χ2v) is 3.78. The number of hydrogen-bond acceptors (Lipinski definition) is 3. The fourth-order valence-corrected chi connectivity index (χ4v) is 1.75. The topological polar surface area (TPSA) is 56.0 Å². The van der Waals surface area contributed by atoms with Gasteiger partial charge in [0.05, 0.1) is 0 Å². The average molecular weight is 226 g/mol. The summed E-state index contributed by atoms with van der Waals surface area (Å²) in [4.78, 5) is 16.2. The van der Waals surface area contributed by atoms with Crippen molar-refractivity contribution in [2.45, 2.75) is 13.3 Å². The maximum atomic E-state index is 12.2. The number of ketones is 1. The fraction of sp³-hybridized carbons (Fsp3) is 0.143. The standard InChI is InChI=1S/C14H14N2O/c1-2-10-6-5-7-11(13(10)15)14(17)12-8-3-4-9-16-12/h3-9H,2,15H2,1H3. The van der Waals surface area contributed by atoms with Crippen LogP contribution in [0.2, 0.25) is 0 Å². The van der Waals surface area contributed by atoms with Crippen LogP contribution in [0.3, 0.4) is 0 Å². The van der Waals surface area contributed by atoms with Crippen LogP contribution in [-0.2, 0) is 6.42 Å². The van der Waals surface area contributed by atoms with Gasteiger partial charge in [0.1, 0.15) is 5.69 Å². The van der Waals surface area contributed by atoms with Crippen LogP contribution >= 0.6 is 0 Å². The summed E-state index contributed by atoms with van der Waals surface area (Å²) < 4.78 is 0. The SMILES string of the molecule is CCc1cccc(C(=O)c2ccccn2)c1N. The number of para-hydroxylation sites is 1. The van der Waals surface area contributed by atoms with Crippen molar-refractivity contribution < 1.29 is 4.79 Å². The quantitative estimate of drug-likeness (QED) is 0.646. The summed E-state index contributed by atoms with van der Waals surface area (Å²) in [5.41, 5.74) is 8.49. The van der Waals surface area contributed by atoms with Crippen LogP contribution in [0.25, 0.3) is 0 Å². The molecule has 0 radical (unpaired) electrons. The van der Waals surface area contributed by atoms with Crippen LogP contribution in [0.1, 0.15) is 28.5 Å². The Hall–Kier alpha value is -2.16. The van der Waals surface area contributed by atoms with Gasteiger partial charge in [-0.25, -0.2) is 0 Å². The molecule has 1 aromatic heterocycles. The van der Waals surface area contributed by atoms with Crippen LogP contribution in [0.15, 0.2) is 42.6 Å². The number of aryl methyl sites for hydroxylation is 1. The molecular formula is C14H14N2O. The lowest BCUT2D eigenvalue weighted by molar-refractivity contribution is 0.103. The molecule has 0 aliphatic carbocycles. The molecule has 1 heterocycles. The first-order valence-corrected chi connectivity index (χ1v) is 5.57. The highest BCUT2D eigenvalue weighted by molar-refractivity contribution is 6.11. The van der Waals surface area contributed by atoms with Crippen molar-refractivity contribution in [2.24, 2.45) is 0 Å². The van der Waals surface area contributed by atoms with Gasteiger partial charge >= 0.3 is 0 Å². The highest BCUT2D eigenvalue weighted by Gasteiger charge is 2.14. The lowest BCUT2D eigenvalue weighted by atomic mass is 10.0. The predicted octanol–water partition coefficient (Wildman–Crippen LogP) is 2.46. The monoisotopic (exact) mass is 226 g/mol. The van der Waals surface area contributed by atoms with Crippen LogP contribution in [-0.4, -0.2) is 10.8 Å². The third-order valence-corrected chi connectivity index (χ3v) is 2.72. The number of rotatable bonds is 3. The molecule has 0 unspecified atom stereocenters. The highest BCUT2D eigenvalue weighted by Crippen LogP contribution is 2.20. The Morgan fingerprint density at radius 2 is 2.06 bits per heavy atom. The summed E-state index contributed by atoms with van der Waals surface area (Å²) in [5.74, 6) is -0.126. The molecule has 2 N–H and O–H groups in total. The summed E-state index contributed by atoms with van der Waals surface area (Å²) in [6.07, 6.45) is 2.42. The van der Waals surface area contributed by atoms with Crippen LogP contribution in [0.5, 0.6) is 0 Å². The summed E-state index contributed by atoms with van der Waals surface area (Å²) >= 11 is 0. The number of anilines is 1. The lowest BCUT2D eigenvalue weighted by Crippen LogP contribution is -2.08. The number of nitrogen functional groups attached to an aromatic ring is 1. The van der Waals surface area contributed by atoms with E-state index in [1.54, 1.807) is 30.5 Å². The molecule has 1 aromatic carbocycles. The number of aromatic nitrogens is 1. The zero-order chi connectivity index (χ0) is 12.3. The number of nitrogens with zero attached hydrogens (tertiary/aromatic N) is 1. The normalized spacial score (nSPS) is 10.2. The molecular weight excluding hydrogens is 212 g/mol. The van der Waals surface area contributed by atoms with Gasteiger partial charge in [0, 0.05) is 17.4 Å². The van der Waals surface area contributed by atoms with Gasteiger partial charge in [0.2, 0.25) is 5.78 Å². The number of nitrogens with two attached hydrogens (primary N) is 1. The van der Waals surface area contributed by atoms with Crippen molar-refractivity contribution in [3.05, 3.63) is 59.4 Å². The van der Waals surface area contributed by atoms with Crippen molar-refractivity contribution >= 4 is 11.5 Å². The Bertz CT molecular complexity index is 535. The third kappa shape index (κ3) is 2.18. The van der Waals surface area contributed by atoms with Gasteiger partial charge in [0.25, 0.3) is 0 Å². The molecule has 2 rings (SSSR count). The van der Waals surface area contributed by atoms with Crippen molar-refractivity contribution in [3.8, 4) is 0 Å². The smallest absolute Gasteiger partial charge is 0.213 e. The van der Waals surface area contributed by atoms with Gasteiger partial charge < -0.3 is 5.73 Å². The highest BCUT2D eigenvalue weighted by atomic mass is 16.1. The Morgan fingerprint density at radius 1 is 1.24 bits per heavy atom. The average Bonchev–Trinajstić information content (AvgIpc) is 2.39. The zero-order valence-corrected chi connectivity index (χ0v) is 9.68. The van der Waals surface area contributed by atoms with Crippen molar-refractivity contribution in [1.82, 2.24) is 4.98 Å². The number of benzene rings is 1. The Labute approximate surface area is 100 Å². The van der Waals surface area contributed by atoms with E-state index in [0.717, 1.165) is 12.0 Å². The lowest BCUT2D eigenvalue weighted by Gasteiger charge is -2.08. The van der Waals surface area contributed by atoms with E-state index in [4.69, 9.17) is 5.73 Å². The van der Waals surface area contributed by atoms with Gasteiger partial charge in [-0.05, 0) is 30.2 Å². The third-order valence-electron chi connectivity index (χ3n) is 2.72. The molecule has 0 bridgehead atoms. The van der Waals surface area contributed by atoms with E-state index >= 15 is 0 Å². The Morgan fingerprint density at radius 3 is 2.71 bits per heavy atom. The largest absolute Gasteiger partial charge is 0.398 e. The number of carbonyl (C=O) groups excluding carboxylic acids is 1. The van der Waals surface area contributed by atoms with E-state index in [9.17, 15) is 4.79 Å². The van der Waals surface area contributed by atoms with Crippen LogP contribution < -0.4 is 5.73 Å². The number of carbonyl (C=O) groups is 1.